The third kappa shape index (κ3) is 6.01. The third-order valence-electron chi connectivity index (χ3n) is 2.82. The summed E-state index contributed by atoms with van der Waals surface area (Å²) < 4.78 is 11.6. The first-order valence-corrected chi connectivity index (χ1v) is 7.75. The quantitative estimate of drug-likeness (QED) is 0.800. The van der Waals surface area contributed by atoms with E-state index in [0.717, 1.165) is 4.47 Å². The first-order chi connectivity index (χ1) is 11.2. The van der Waals surface area contributed by atoms with Gasteiger partial charge in [0.05, 0.1) is 13.0 Å². The van der Waals surface area contributed by atoms with Crippen LogP contribution in [-0.4, -0.2) is 19.1 Å². The summed E-state index contributed by atoms with van der Waals surface area (Å²) in [4.78, 5) is 11.9. The Labute approximate surface area is 143 Å². The largest absolute Gasteiger partial charge is 0.493 e. The number of rotatable bonds is 7. The van der Waals surface area contributed by atoms with Crippen molar-refractivity contribution in [2.45, 2.75) is 6.42 Å². The molecule has 0 radical (unpaired) electrons. The normalized spacial score (nSPS) is 9.74. The molecule has 0 aliphatic carbocycles. The fourth-order valence-electron chi connectivity index (χ4n) is 1.82. The zero-order chi connectivity index (χ0) is 16.5. The Morgan fingerprint density at radius 2 is 1.87 bits per heavy atom. The van der Waals surface area contributed by atoms with E-state index >= 15 is 0 Å². The predicted octanol–water partition coefficient (Wildman–Crippen LogP) is 3.76. The van der Waals surface area contributed by atoms with Crippen molar-refractivity contribution in [1.82, 2.24) is 0 Å². The van der Waals surface area contributed by atoms with Crippen LogP contribution < -0.4 is 14.8 Å². The molecule has 0 heterocycles. The van der Waals surface area contributed by atoms with Crippen LogP contribution in [-0.2, 0) is 4.79 Å². The van der Waals surface area contributed by atoms with E-state index in [9.17, 15) is 4.79 Å². The second-order valence-electron chi connectivity index (χ2n) is 4.58. The van der Waals surface area contributed by atoms with E-state index in [1.54, 1.807) is 24.3 Å². The number of carbonyl (C=O) groups is 1. The number of ether oxygens (including phenoxy) is 2. The van der Waals surface area contributed by atoms with E-state index in [-0.39, 0.29) is 25.5 Å². The number of amides is 1. The highest BCUT2D eigenvalue weighted by Crippen LogP contribution is 2.19. The van der Waals surface area contributed by atoms with Crippen LogP contribution in [0.2, 0.25) is 0 Å². The fraction of sp³-hybridized carbons (Fsp3) is 0.176. The molecule has 0 unspecified atom stereocenters. The van der Waals surface area contributed by atoms with Crippen molar-refractivity contribution < 1.29 is 14.3 Å². The lowest BCUT2D eigenvalue weighted by atomic mass is 10.3. The van der Waals surface area contributed by atoms with Gasteiger partial charge in [-0.2, -0.15) is 5.26 Å². The summed E-state index contributed by atoms with van der Waals surface area (Å²) in [5.74, 6) is 1.09. The monoisotopic (exact) mass is 374 g/mol. The number of benzene rings is 2. The average Bonchev–Trinajstić information content (AvgIpc) is 2.53. The maximum atomic E-state index is 11.9. The number of hydrogen-bond donors (Lipinski definition) is 1. The Hall–Kier alpha value is -2.52. The molecule has 0 bridgehead atoms. The van der Waals surface area contributed by atoms with Crippen molar-refractivity contribution in [3.8, 4) is 17.6 Å². The number of hydrogen-bond acceptors (Lipinski definition) is 4. The van der Waals surface area contributed by atoms with Crippen molar-refractivity contribution in [2.75, 3.05) is 18.5 Å². The summed E-state index contributed by atoms with van der Waals surface area (Å²) in [5.41, 5.74) is 0.618. The summed E-state index contributed by atoms with van der Waals surface area (Å²) in [6.45, 7) is 0.255. The van der Waals surface area contributed by atoms with Gasteiger partial charge in [0.15, 0.2) is 6.61 Å². The first kappa shape index (κ1) is 16.8. The van der Waals surface area contributed by atoms with E-state index in [1.807, 2.05) is 30.3 Å². The Bertz CT molecular complexity index is 713. The van der Waals surface area contributed by atoms with Gasteiger partial charge in [0.1, 0.15) is 17.6 Å². The molecule has 0 spiro atoms. The molecule has 2 aromatic rings. The molecule has 0 saturated carbocycles. The summed E-state index contributed by atoms with van der Waals surface area (Å²) in [6, 6.07) is 16.2. The second kappa shape index (κ2) is 8.81. The van der Waals surface area contributed by atoms with Crippen LogP contribution in [0.5, 0.6) is 11.5 Å². The predicted molar refractivity (Wildman–Crippen MR) is 90.4 cm³/mol. The van der Waals surface area contributed by atoms with Crippen molar-refractivity contribution in [2.24, 2.45) is 0 Å². The molecule has 0 aliphatic rings. The zero-order valence-corrected chi connectivity index (χ0v) is 13.9. The molecule has 1 amide bonds. The maximum Gasteiger partial charge on any atom is 0.227 e. The maximum absolute atomic E-state index is 11.9. The van der Waals surface area contributed by atoms with Gasteiger partial charge < -0.3 is 14.8 Å². The molecule has 0 atom stereocenters. The molecule has 0 aliphatic heterocycles. The van der Waals surface area contributed by atoms with Crippen molar-refractivity contribution in [3.63, 3.8) is 0 Å². The van der Waals surface area contributed by atoms with Crippen LogP contribution in [0.15, 0.2) is 53.0 Å². The first-order valence-electron chi connectivity index (χ1n) is 6.95. The molecule has 6 heteroatoms. The summed E-state index contributed by atoms with van der Waals surface area (Å²) >= 11 is 3.36. The summed E-state index contributed by atoms with van der Waals surface area (Å²) in [5, 5.41) is 11.3. The van der Waals surface area contributed by atoms with Gasteiger partial charge in [-0.15, -0.1) is 0 Å². The van der Waals surface area contributed by atoms with Crippen molar-refractivity contribution in [1.29, 1.82) is 5.26 Å². The summed E-state index contributed by atoms with van der Waals surface area (Å²) in [6.07, 6.45) is 0.232. The number of nitrogens with zero attached hydrogens (tertiary/aromatic N) is 1. The molecule has 0 aromatic heterocycles. The van der Waals surface area contributed by atoms with Crippen LogP contribution in [0.4, 0.5) is 5.69 Å². The lowest BCUT2D eigenvalue weighted by Gasteiger charge is -2.09. The van der Waals surface area contributed by atoms with Gasteiger partial charge in [-0.1, -0.05) is 28.1 Å². The van der Waals surface area contributed by atoms with E-state index < -0.39 is 0 Å². The molecule has 2 aromatic carbocycles. The number of halogens is 1. The number of anilines is 1. The Morgan fingerprint density at radius 3 is 2.61 bits per heavy atom. The van der Waals surface area contributed by atoms with Crippen molar-refractivity contribution in [3.05, 3.63) is 53.0 Å². The van der Waals surface area contributed by atoms with Gasteiger partial charge >= 0.3 is 0 Å². The van der Waals surface area contributed by atoms with Crippen LogP contribution in [0.3, 0.4) is 0 Å². The molecule has 5 nitrogen and oxygen atoms in total. The van der Waals surface area contributed by atoms with Gasteiger partial charge in [-0.05, 0) is 30.3 Å². The molecule has 1 N–H and O–H groups in total. The lowest BCUT2D eigenvalue weighted by Crippen LogP contribution is -2.15. The highest BCUT2D eigenvalue weighted by molar-refractivity contribution is 9.10. The molecule has 118 valence electrons. The number of nitriles is 1. The Balaban J connectivity index is 1.79. The minimum Gasteiger partial charge on any atom is -0.493 e. The van der Waals surface area contributed by atoms with Gasteiger partial charge in [0, 0.05) is 16.2 Å². The van der Waals surface area contributed by atoms with Gasteiger partial charge in [0.2, 0.25) is 5.91 Å². The Kier molecular flexibility index (Phi) is 6.45. The van der Waals surface area contributed by atoms with Gasteiger partial charge in [0.25, 0.3) is 0 Å². The minimum absolute atomic E-state index is 0.0299. The molecule has 0 fully saturated rings. The highest BCUT2D eigenvalue weighted by atomic mass is 79.9. The zero-order valence-electron chi connectivity index (χ0n) is 12.3. The minimum atomic E-state index is -0.155. The number of carbonyl (C=O) groups excluding carboxylic acids is 1. The summed E-state index contributed by atoms with van der Waals surface area (Å²) in [7, 11) is 0. The van der Waals surface area contributed by atoms with Crippen LogP contribution in [0.25, 0.3) is 0 Å². The topological polar surface area (TPSA) is 71.3 Å². The van der Waals surface area contributed by atoms with Gasteiger partial charge in [-0.3, -0.25) is 4.79 Å². The second-order valence-corrected chi connectivity index (χ2v) is 5.49. The third-order valence-corrected chi connectivity index (χ3v) is 3.31. The van der Waals surface area contributed by atoms with Crippen LogP contribution >= 0.6 is 15.9 Å². The van der Waals surface area contributed by atoms with E-state index in [2.05, 4.69) is 21.2 Å². The fourth-order valence-corrected chi connectivity index (χ4v) is 2.20. The van der Waals surface area contributed by atoms with E-state index in [1.165, 1.54) is 0 Å². The highest BCUT2D eigenvalue weighted by Gasteiger charge is 2.04. The molecular weight excluding hydrogens is 360 g/mol. The average molecular weight is 375 g/mol. The van der Waals surface area contributed by atoms with Crippen LogP contribution in [0.1, 0.15) is 6.42 Å². The SMILES string of the molecule is N#CCOc1cccc(NC(=O)CCOc2cccc(Br)c2)c1. The lowest BCUT2D eigenvalue weighted by molar-refractivity contribution is -0.116. The Morgan fingerprint density at radius 1 is 1.13 bits per heavy atom. The standard InChI is InChI=1S/C17H15BrN2O3/c18-13-3-1-5-15(11-13)22-9-7-17(21)20-14-4-2-6-16(12-14)23-10-8-19/h1-6,11-12H,7,9-10H2,(H,20,21). The molecule has 0 saturated heterocycles. The van der Waals surface area contributed by atoms with E-state index in [0.29, 0.717) is 17.2 Å². The molecule has 23 heavy (non-hydrogen) atoms. The molecule has 2 rings (SSSR count). The smallest absolute Gasteiger partial charge is 0.227 e. The van der Waals surface area contributed by atoms with Gasteiger partial charge in [-0.25, -0.2) is 0 Å². The van der Waals surface area contributed by atoms with Crippen molar-refractivity contribution >= 4 is 27.5 Å². The van der Waals surface area contributed by atoms with Crippen LogP contribution in [0, 0.1) is 11.3 Å². The molecular formula is C17H15BrN2O3. The number of nitrogens with one attached hydrogen (secondary N) is 1. The van der Waals surface area contributed by atoms with E-state index in [4.69, 9.17) is 14.7 Å².